The smallest absolute Gasteiger partial charge is 0.226 e. The summed E-state index contributed by atoms with van der Waals surface area (Å²) in [5.74, 6) is 2.07. The minimum Gasteiger partial charge on any atom is -0.444 e. The molecule has 2 heterocycles. The second-order valence-electron chi connectivity index (χ2n) is 6.59. The summed E-state index contributed by atoms with van der Waals surface area (Å²) in [6.45, 7) is 3.84. The lowest BCUT2D eigenvalue weighted by Crippen LogP contribution is -2.36. The summed E-state index contributed by atoms with van der Waals surface area (Å²) < 4.78 is 5.60. The quantitative estimate of drug-likeness (QED) is 0.324. The molecule has 0 radical (unpaired) electrons. The van der Waals surface area contributed by atoms with E-state index in [4.69, 9.17) is 4.42 Å². The van der Waals surface area contributed by atoms with E-state index in [0.29, 0.717) is 24.9 Å². The normalized spacial score (nSPS) is 11.4. The predicted molar refractivity (Wildman–Crippen MR) is 115 cm³/mol. The van der Waals surface area contributed by atoms with Gasteiger partial charge in [0.05, 0.1) is 18.8 Å². The summed E-state index contributed by atoms with van der Waals surface area (Å²) in [6.07, 6.45) is 3.17. The third-order valence-corrected chi connectivity index (χ3v) is 4.39. The molecule has 2 aromatic heterocycles. The number of nitrogens with one attached hydrogen (secondary N) is 3. The number of hydrogen-bond donors (Lipinski definition) is 3. The molecular weight excluding hydrogens is 378 g/mol. The fourth-order valence-corrected chi connectivity index (χ4v) is 2.95. The molecule has 0 fully saturated rings. The van der Waals surface area contributed by atoms with E-state index in [-0.39, 0.29) is 0 Å². The van der Waals surface area contributed by atoms with Crippen LogP contribution >= 0.6 is 0 Å². The van der Waals surface area contributed by atoms with Gasteiger partial charge in [0.15, 0.2) is 11.8 Å². The molecule has 4 aromatic rings. The van der Waals surface area contributed by atoms with Gasteiger partial charge in [0.2, 0.25) is 5.89 Å². The highest BCUT2D eigenvalue weighted by Crippen LogP contribution is 2.18. The Bertz CT molecular complexity index is 1090. The maximum atomic E-state index is 5.60. The van der Waals surface area contributed by atoms with Crippen molar-refractivity contribution in [3.05, 3.63) is 78.4 Å². The highest BCUT2D eigenvalue weighted by molar-refractivity contribution is 5.79. The topological polar surface area (TPSA) is 104 Å². The van der Waals surface area contributed by atoms with Gasteiger partial charge in [-0.25, -0.2) is 15.0 Å². The van der Waals surface area contributed by atoms with Gasteiger partial charge in [-0.05, 0) is 30.7 Å². The number of aromatic amines is 1. The van der Waals surface area contributed by atoms with Crippen molar-refractivity contribution >= 4 is 5.96 Å². The number of hydrogen-bond acceptors (Lipinski definition) is 5. The third-order valence-electron chi connectivity index (χ3n) is 4.39. The lowest BCUT2D eigenvalue weighted by Gasteiger charge is -2.10. The minimum atomic E-state index is 0.514. The standard InChI is InChI=1S/C22H23N7O/c1-2-23-22(24-12-16-7-6-10-18(11-16)20-26-15-27-29-20)25-13-19-14-30-21(28-19)17-8-4-3-5-9-17/h3-11,14-15H,2,12-13H2,1H3,(H2,23,24,25)(H,26,27,29). The lowest BCUT2D eigenvalue weighted by atomic mass is 10.1. The van der Waals surface area contributed by atoms with E-state index in [1.807, 2.05) is 55.5 Å². The maximum Gasteiger partial charge on any atom is 0.226 e. The Labute approximate surface area is 174 Å². The highest BCUT2D eigenvalue weighted by atomic mass is 16.3. The fourth-order valence-electron chi connectivity index (χ4n) is 2.95. The van der Waals surface area contributed by atoms with Crippen LogP contribution in [0.15, 0.2) is 76.6 Å². The van der Waals surface area contributed by atoms with Crippen molar-refractivity contribution in [3.8, 4) is 22.8 Å². The van der Waals surface area contributed by atoms with E-state index in [1.165, 1.54) is 6.33 Å². The molecule has 0 bridgehead atoms. The van der Waals surface area contributed by atoms with E-state index in [1.54, 1.807) is 6.26 Å². The molecule has 0 aliphatic rings. The SMILES string of the molecule is CCNC(=NCc1cccc(-c2ncn[nH]2)c1)NCc1coc(-c2ccccc2)n1. The molecule has 0 saturated carbocycles. The Kier molecular flexibility index (Phi) is 6.14. The molecule has 0 saturated heterocycles. The molecule has 4 rings (SSSR count). The second kappa shape index (κ2) is 9.51. The number of rotatable bonds is 7. The summed E-state index contributed by atoms with van der Waals surface area (Å²) in [6, 6.07) is 17.9. The Morgan fingerprint density at radius 2 is 1.93 bits per heavy atom. The Balaban J connectivity index is 1.40. The van der Waals surface area contributed by atoms with Crippen LogP contribution in [0.3, 0.4) is 0 Å². The van der Waals surface area contributed by atoms with Gasteiger partial charge >= 0.3 is 0 Å². The molecule has 152 valence electrons. The van der Waals surface area contributed by atoms with Gasteiger partial charge in [-0.15, -0.1) is 0 Å². The number of guanidine groups is 1. The number of aromatic nitrogens is 4. The van der Waals surface area contributed by atoms with Gasteiger partial charge < -0.3 is 15.1 Å². The average Bonchev–Trinajstić information content (AvgIpc) is 3.49. The van der Waals surface area contributed by atoms with Gasteiger partial charge in [-0.2, -0.15) is 5.10 Å². The first-order valence-electron chi connectivity index (χ1n) is 9.78. The lowest BCUT2D eigenvalue weighted by molar-refractivity contribution is 0.572. The first-order chi connectivity index (χ1) is 14.8. The van der Waals surface area contributed by atoms with Crippen LogP contribution in [-0.2, 0) is 13.1 Å². The summed E-state index contributed by atoms with van der Waals surface area (Å²) in [4.78, 5) is 13.4. The fraction of sp³-hybridized carbons (Fsp3) is 0.182. The Morgan fingerprint density at radius 1 is 1.07 bits per heavy atom. The average molecular weight is 401 g/mol. The Morgan fingerprint density at radius 3 is 2.73 bits per heavy atom. The molecule has 3 N–H and O–H groups in total. The summed E-state index contributed by atoms with van der Waals surface area (Å²) in [7, 11) is 0. The predicted octanol–water partition coefficient (Wildman–Crippen LogP) is 3.38. The molecule has 30 heavy (non-hydrogen) atoms. The molecule has 0 spiro atoms. The van der Waals surface area contributed by atoms with Gasteiger partial charge in [0, 0.05) is 17.7 Å². The van der Waals surface area contributed by atoms with Gasteiger partial charge in [0.25, 0.3) is 0 Å². The highest BCUT2D eigenvalue weighted by Gasteiger charge is 2.07. The number of oxazole rings is 1. The number of nitrogens with zero attached hydrogens (tertiary/aromatic N) is 4. The summed E-state index contributed by atoms with van der Waals surface area (Å²) in [5, 5.41) is 13.3. The van der Waals surface area contributed by atoms with Gasteiger partial charge in [-0.1, -0.05) is 36.4 Å². The van der Waals surface area contributed by atoms with E-state index >= 15 is 0 Å². The first-order valence-corrected chi connectivity index (χ1v) is 9.78. The van der Waals surface area contributed by atoms with E-state index in [0.717, 1.165) is 34.8 Å². The zero-order valence-electron chi connectivity index (χ0n) is 16.7. The molecule has 0 unspecified atom stereocenters. The monoisotopic (exact) mass is 401 g/mol. The van der Waals surface area contributed by atoms with Crippen molar-refractivity contribution in [1.82, 2.24) is 30.8 Å². The van der Waals surface area contributed by atoms with Crippen LogP contribution in [0.25, 0.3) is 22.8 Å². The zero-order chi connectivity index (χ0) is 20.6. The maximum absolute atomic E-state index is 5.60. The van der Waals surface area contributed by atoms with Crippen LogP contribution in [0.2, 0.25) is 0 Å². The van der Waals surface area contributed by atoms with Crippen molar-refractivity contribution in [2.45, 2.75) is 20.0 Å². The second-order valence-corrected chi connectivity index (χ2v) is 6.59. The van der Waals surface area contributed by atoms with E-state index in [9.17, 15) is 0 Å². The summed E-state index contributed by atoms with van der Waals surface area (Å²) in [5.41, 5.74) is 3.82. The minimum absolute atomic E-state index is 0.514. The van der Waals surface area contributed by atoms with Gasteiger partial charge in [0.1, 0.15) is 12.6 Å². The zero-order valence-corrected chi connectivity index (χ0v) is 16.7. The van der Waals surface area contributed by atoms with Gasteiger partial charge in [-0.3, -0.25) is 5.10 Å². The van der Waals surface area contributed by atoms with Crippen molar-refractivity contribution in [2.24, 2.45) is 4.99 Å². The summed E-state index contributed by atoms with van der Waals surface area (Å²) >= 11 is 0. The van der Waals surface area contributed by atoms with Crippen LogP contribution in [0.5, 0.6) is 0 Å². The van der Waals surface area contributed by atoms with Crippen LogP contribution in [0, 0.1) is 0 Å². The first kappa shape index (κ1) is 19.4. The van der Waals surface area contributed by atoms with Crippen molar-refractivity contribution in [2.75, 3.05) is 6.54 Å². The van der Waals surface area contributed by atoms with E-state index in [2.05, 4.69) is 41.9 Å². The molecule has 8 nitrogen and oxygen atoms in total. The number of benzene rings is 2. The molecule has 8 heteroatoms. The molecular formula is C22H23N7O. The van der Waals surface area contributed by atoms with Crippen LogP contribution in [0.4, 0.5) is 0 Å². The van der Waals surface area contributed by atoms with Crippen molar-refractivity contribution in [1.29, 1.82) is 0 Å². The molecule has 0 amide bonds. The molecule has 2 aromatic carbocycles. The molecule has 0 atom stereocenters. The van der Waals surface area contributed by atoms with Crippen LogP contribution in [-0.4, -0.2) is 32.7 Å². The van der Waals surface area contributed by atoms with E-state index < -0.39 is 0 Å². The van der Waals surface area contributed by atoms with Crippen molar-refractivity contribution in [3.63, 3.8) is 0 Å². The number of aliphatic imine (C=N–C) groups is 1. The molecule has 0 aliphatic heterocycles. The number of H-pyrrole nitrogens is 1. The molecule has 0 aliphatic carbocycles. The largest absolute Gasteiger partial charge is 0.444 e. The van der Waals surface area contributed by atoms with Crippen LogP contribution in [0.1, 0.15) is 18.2 Å². The van der Waals surface area contributed by atoms with Crippen molar-refractivity contribution < 1.29 is 4.42 Å². The third kappa shape index (κ3) is 4.91. The van der Waals surface area contributed by atoms with Crippen LogP contribution < -0.4 is 10.6 Å². The Hall–Kier alpha value is -3.94.